The summed E-state index contributed by atoms with van der Waals surface area (Å²) >= 11 is 0. The molecule has 1 aromatic carbocycles. The molecule has 2 amide bonds. The van der Waals surface area contributed by atoms with Crippen LogP contribution in [0.1, 0.15) is 56.7 Å². The van der Waals surface area contributed by atoms with E-state index in [2.05, 4.69) is 20.4 Å². The van der Waals surface area contributed by atoms with Gasteiger partial charge in [-0.25, -0.2) is 13.4 Å². The molecule has 0 atom stereocenters. The lowest BCUT2D eigenvalue weighted by Gasteiger charge is -2.32. The molecule has 3 aromatic rings. The van der Waals surface area contributed by atoms with Gasteiger partial charge in [0.15, 0.2) is 11.5 Å². The fourth-order valence-corrected chi connectivity index (χ4v) is 5.50. The fraction of sp³-hybridized carbons (Fsp3) is 0.444. The van der Waals surface area contributed by atoms with Gasteiger partial charge in [-0.15, -0.1) is 0 Å². The Labute approximate surface area is 238 Å². The van der Waals surface area contributed by atoms with E-state index < -0.39 is 10.0 Å². The number of hydrogen-bond acceptors (Lipinski definition) is 9. The van der Waals surface area contributed by atoms with E-state index in [0.29, 0.717) is 41.9 Å². The fourth-order valence-electron chi connectivity index (χ4n) is 4.67. The molecule has 1 N–H and O–H groups in total. The average molecular weight is 584 g/mol. The monoisotopic (exact) mass is 583 g/mol. The normalized spacial score (nSPS) is 15.9. The van der Waals surface area contributed by atoms with Crippen LogP contribution in [-0.4, -0.2) is 88.7 Å². The van der Waals surface area contributed by atoms with Crippen LogP contribution in [0.5, 0.6) is 11.5 Å². The first-order valence-electron chi connectivity index (χ1n) is 13.3. The first-order valence-corrected chi connectivity index (χ1v) is 15.1. The van der Waals surface area contributed by atoms with Crippen LogP contribution in [0.2, 0.25) is 0 Å². The number of para-hydroxylation sites is 1. The molecule has 14 heteroatoms. The molecular formula is C27H33N7O6S. The van der Waals surface area contributed by atoms with Crippen LogP contribution in [0.4, 0.5) is 0 Å². The van der Waals surface area contributed by atoms with Crippen LogP contribution in [0.25, 0.3) is 0 Å². The van der Waals surface area contributed by atoms with Gasteiger partial charge in [0.25, 0.3) is 11.8 Å². The molecule has 5 rings (SSSR count). The van der Waals surface area contributed by atoms with Gasteiger partial charge in [0.2, 0.25) is 10.0 Å². The predicted molar refractivity (Wildman–Crippen MR) is 148 cm³/mol. The zero-order chi connectivity index (χ0) is 29.1. The van der Waals surface area contributed by atoms with E-state index in [0.717, 1.165) is 30.4 Å². The van der Waals surface area contributed by atoms with Crippen molar-refractivity contribution in [2.24, 2.45) is 7.05 Å². The van der Waals surface area contributed by atoms with Crippen molar-refractivity contribution in [2.45, 2.75) is 31.9 Å². The van der Waals surface area contributed by atoms with Gasteiger partial charge in [0.05, 0.1) is 37.1 Å². The van der Waals surface area contributed by atoms with Gasteiger partial charge < -0.3 is 19.7 Å². The quantitative estimate of drug-likeness (QED) is 0.373. The third kappa shape index (κ3) is 6.65. The minimum absolute atomic E-state index is 0.0830. The van der Waals surface area contributed by atoms with Crippen molar-refractivity contribution in [3.05, 3.63) is 65.0 Å². The Morgan fingerprint density at radius 3 is 2.49 bits per heavy atom. The number of sulfonamides is 1. The van der Waals surface area contributed by atoms with Gasteiger partial charge >= 0.3 is 0 Å². The van der Waals surface area contributed by atoms with Crippen molar-refractivity contribution in [1.82, 2.24) is 34.3 Å². The van der Waals surface area contributed by atoms with E-state index in [9.17, 15) is 18.0 Å². The Bertz CT molecular complexity index is 1530. The third-order valence-electron chi connectivity index (χ3n) is 7.13. The van der Waals surface area contributed by atoms with Gasteiger partial charge in [0.1, 0.15) is 18.0 Å². The van der Waals surface area contributed by atoms with Crippen LogP contribution in [0, 0.1) is 0 Å². The molecule has 0 unspecified atom stereocenters. The van der Waals surface area contributed by atoms with Crippen molar-refractivity contribution < 1.29 is 27.5 Å². The number of benzene rings is 1. The van der Waals surface area contributed by atoms with Crippen LogP contribution in [-0.2, 0) is 30.2 Å². The van der Waals surface area contributed by atoms with Crippen LogP contribution in [0.3, 0.4) is 0 Å². The van der Waals surface area contributed by atoms with Crippen molar-refractivity contribution in [3.63, 3.8) is 0 Å². The SMILES string of the molecule is COc1c(CNC(=O)c2cc(C3CC3)nn2C)cccc1OCc1cnc(C(=O)N2CCN(S(C)(=O)=O)CC2)cn1. The third-order valence-corrected chi connectivity index (χ3v) is 8.43. The number of ether oxygens (including phenoxy) is 2. The maximum atomic E-state index is 12.8. The van der Waals surface area contributed by atoms with Crippen LogP contribution >= 0.6 is 0 Å². The lowest BCUT2D eigenvalue weighted by molar-refractivity contribution is 0.0691. The number of aromatic nitrogens is 4. The number of carbonyl (C=O) groups is 2. The standard InChI is InChI=1S/C27H33N7O6S/c1-32-23(13-21(31-32)18-7-8-18)26(35)30-14-19-5-4-6-24(25(19)39-2)40-17-20-15-29-22(16-28-20)27(36)33-9-11-34(12-10-33)41(3,37)38/h4-6,13,15-16,18H,7-12,14,17H2,1-3H3,(H,30,35). The highest BCUT2D eigenvalue weighted by molar-refractivity contribution is 7.88. The topological polar surface area (TPSA) is 149 Å². The number of hydrogen-bond donors (Lipinski definition) is 1. The largest absolute Gasteiger partial charge is 0.493 e. The second-order valence-electron chi connectivity index (χ2n) is 10.1. The Morgan fingerprint density at radius 1 is 1.10 bits per heavy atom. The molecule has 1 aliphatic carbocycles. The molecule has 218 valence electrons. The van der Waals surface area contributed by atoms with E-state index in [4.69, 9.17) is 9.47 Å². The van der Waals surface area contributed by atoms with Crippen LogP contribution in [0.15, 0.2) is 36.7 Å². The van der Waals surface area contributed by atoms with Gasteiger partial charge in [0, 0.05) is 51.3 Å². The molecule has 1 saturated heterocycles. The molecule has 3 heterocycles. The number of nitrogens with one attached hydrogen (secondary N) is 1. The van der Waals surface area contributed by atoms with E-state index in [1.54, 1.807) is 22.7 Å². The lowest BCUT2D eigenvalue weighted by Crippen LogP contribution is -2.50. The number of piperazine rings is 1. The molecule has 2 aliphatic rings. The summed E-state index contributed by atoms with van der Waals surface area (Å²) in [7, 11) is 0.0214. The number of methoxy groups -OCH3 is 1. The van der Waals surface area contributed by atoms with E-state index in [-0.39, 0.29) is 43.7 Å². The van der Waals surface area contributed by atoms with Crippen LogP contribution < -0.4 is 14.8 Å². The van der Waals surface area contributed by atoms with Gasteiger partial charge in [-0.05, 0) is 25.0 Å². The number of rotatable bonds is 10. The lowest BCUT2D eigenvalue weighted by atomic mass is 10.1. The minimum Gasteiger partial charge on any atom is -0.493 e. The molecule has 2 aromatic heterocycles. The van der Waals surface area contributed by atoms with Gasteiger partial charge in [-0.2, -0.15) is 9.40 Å². The molecular weight excluding hydrogens is 550 g/mol. The van der Waals surface area contributed by atoms with Gasteiger partial charge in [-0.3, -0.25) is 19.3 Å². The van der Waals surface area contributed by atoms with E-state index >= 15 is 0 Å². The first-order chi connectivity index (χ1) is 19.6. The zero-order valence-electron chi connectivity index (χ0n) is 23.2. The molecule has 41 heavy (non-hydrogen) atoms. The molecule has 13 nitrogen and oxygen atoms in total. The van der Waals surface area contributed by atoms with Crippen molar-refractivity contribution in [3.8, 4) is 11.5 Å². The average Bonchev–Trinajstić information content (AvgIpc) is 3.75. The smallest absolute Gasteiger partial charge is 0.274 e. The summed E-state index contributed by atoms with van der Waals surface area (Å²) in [6.07, 6.45) is 6.25. The highest BCUT2D eigenvalue weighted by Gasteiger charge is 2.29. The Hall–Kier alpha value is -4.04. The first kappa shape index (κ1) is 28.5. The van der Waals surface area contributed by atoms with Crippen molar-refractivity contribution >= 4 is 21.8 Å². The highest BCUT2D eigenvalue weighted by Crippen LogP contribution is 2.39. The Balaban J connectivity index is 1.17. The summed E-state index contributed by atoms with van der Waals surface area (Å²) in [5, 5.41) is 7.39. The Morgan fingerprint density at radius 2 is 1.85 bits per heavy atom. The summed E-state index contributed by atoms with van der Waals surface area (Å²) < 4.78 is 37.9. The molecule has 0 spiro atoms. The summed E-state index contributed by atoms with van der Waals surface area (Å²) in [6, 6.07) is 7.27. The second kappa shape index (κ2) is 11.8. The summed E-state index contributed by atoms with van der Waals surface area (Å²) in [5.41, 5.74) is 2.89. The maximum Gasteiger partial charge on any atom is 0.274 e. The number of nitrogens with zero attached hydrogens (tertiary/aromatic N) is 6. The summed E-state index contributed by atoms with van der Waals surface area (Å²) in [5.74, 6) is 0.904. The Kier molecular flexibility index (Phi) is 8.22. The molecule has 0 bridgehead atoms. The van der Waals surface area contributed by atoms with E-state index in [1.807, 2.05) is 18.2 Å². The second-order valence-corrected chi connectivity index (χ2v) is 12.1. The molecule has 0 radical (unpaired) electrons. The van der Waals surface area contributed by atoms with Gasteiger partial charge in [-0.1, -0.05) is 12.1 Å². The molecule has 1 saturated carbocycles. The minimum atomic E-state index is -3.28. The predicted octanol–water partition coefficient (Wildman–Crippen LogP) is 1.32. The number of carbonyl (C=O) groups excluding carboxylic acids is 2. The molecule has 1 aliphatic heterocycles. The van der Waals surface area contributed by atoms with E-state index in [1.165, 1.54) is 23.8 Å². The zero-order valence-corrected chi connectivity index (χ0v) is 24.1. The van der Waals surface area contributed by atoms with Crippen molar-refractivity contribution in [1.29, 1.82) is 0 Å². The highest BCUT2D eigenvalue weighted by atomic mass is 32.2. The molecule has 2 fully saturated rings. The summed E-state index contributed by atoms with van der Waals surface area (Å²) in [4.78, 5) is 35.7. The maximum absolute atomic E-state index is 12.8. The number of amides is 2. The summed E-state index contributed by atoms with van der Waals surface area (Å²) in [6.45, 7) is 1.40. The van der Waals surface area contributed by atoms with Crippen molar-refractivity contribution in [2.75, 3.05) is 39.5 Å². The number of aryl methyl sites for hydroxylation is 1.